The molecule has 12 nitrogen and oxygen atoms in total. The van der Waals surface area contributed by atoms with E-state index in [1.165, 1.54) is 11.0 Å². The van der Waals surface area contributed by atoms with Crippen molar-refractivity contribution in [3.8, 4) is 16.2 Å². The van der Waals surface area contributed by atoms with Crippen LogP contribution in [0.15, 0.2) is 53.5 Å². The maximum Gasteiger partial charge on any atom is 0.259 e. The number of methoxy groups -OCH3 is 1. The maximum atomic E-state index is 13.7. The molecule has 2 saturated carbocycles. The summed E-state index contributed by atoms with van der Waals surface area (Å²) in [6.45, 7) is 7.05. The molecule has 3 fully saturated rings. The summed E-state index contributed by atoms with van der Waals surface area (Å²) in [5, 5.41) is 18.8. The number of aliphatic hydroxyl groups is 1. The molecule has 0 radical (unpaired) electrons. The molecule has 3 amide bonds. The number of rotatable bonds is 13. The van der Waals surface area contributed by atoms with Crippen molar-refractivity contribution in [1.29, 1.82) is 0 Å². The smallest absolute Gasteiger partial charge is 0.259 e. The fourth-order valence-electron chi connectivity index (χ4n) is 5.44. The van der Waals surface area contributed by atoms with E-state index < -0.39 is 68.6 Å². The number of sulfonamides is 1. The van der Waals surface area contributed by atoms with Crippen LogP contribution in [0.25, 0.3) is 10.4 Å². The first-order valence-corrected chi connectivity index (χ1v) is 17.2. The van der Waals surface area contributed by atoms with E-state index in [9.17, 15) is 27.9 Å². The zero-order valence-corrected chi connectivity index (χ0v) is 27.0. The van der Waals surface area contributed by atoms with Crippen LogP contribution in [0.1, 0.15) is 45.1 Å². The second kappa shape index (κ2) is 12.9. The Hall–Kier alpha value is -3.75. The van der Waals surface area contributed by atoms with Crippen LogP contribution in [-0.2, 0) is 29.2 Å². The van der Waals surface area contributed by atoms with Gasteiger partial charge in [0.15, 0.2) is 0 Å². The number of hydrogen-bond donors (Lipinski definition) is 3. The van der Waals surface area contributed by atoms with E-state index in [4.69, 9.17) is 9.57 Å². The van der Waals surface area contributed by atoms with Gasteiger partial charge in [0.1, 0.15) is 29.5 Å². The molecule has 0 spiro atoms. The Morgan fingerprint density at radius 3 is 2.60 bits per heavy atom. The Labute approximate surface area is 266 Å². The van der Waals surface area contributed by atoms with Gasteiger partial charge in [-0.3, -0.25) is 19.1 Å². The van der Waals surface area contributed by atoms with Gasteiger partial charge in [0.05, 0.1) is 25.1 Å². The first-order chi connectivity index (χ1) is 21.4. The zero-order valence-electron chi connectivity index (χ0n) is 25.3. The summed E-state index contributed by atoms with van der Waals surface area (Å²) in [7, 11) is -2.28. The molecule has 45 heavy (non-hydrogen) atoms. The summed E-state index contributed by atoms with van der Waals surface area (Å²) in [6.07, 6.45) is 2.11. The number of amides is 3. The van der Waals surface area contributed by atoms with Crippen LogP contribution in [0, 0.1) is 11.8 Å². The first kappa shape index (κ1) is 32.6. The van der Waals surface area contributed by atoms with Gasteiger partial charge in [0, 0.05) is 28.3 Å². The van der Waals surface area contributed by atoms with Crippen molar-refractivity contribution >= 4 is 45.3 Å². The number of aliphatic hydroxyl groups excluding tert-OH is 1. The predicted octanol–water partition coefficient (Wildman–Crippen LogP) is 2.43. The standard InChI is InChI=1S/C31H38N4O8S2/c1-5-20-15-31(20,30(39)34-45(40,41)23-9-10-23)33-28(37)25-14-22(17-35(25)29(38)27(36)18(2)3)43-32-16-19-13-21(42-4)8-11-24(19)26-7-6-12-44-26/h5-8,11-13,16,18,20,22-23,25,27,36H,1,9-10,14-15,17H2,2-4H3,(H,33,37)(H,34,39)/b32-16+/t20-,22?,25?,27+,31+/m1/s1. The van der Waals surface area contributed by atoms with E-state index in [0.717, 1.165) is 16.0 Å². The van der Waals surface area contributed by atoms with Crippen LogP contribution >= 0.6 is 11.3 Å². The number of carbonyl (C=O) groups is 3. The largest absolute Gasteiger partial charge is 0.497 e. The molecular formula is C31H38N4O8S2. The molecule has 242 valence electrons. The van der Waals surface area contributed by atoms with E-state index >= 15 is 0 Å². The molecule has 0 bridgehead atoms. The van der Waals surface area contributed by atoms with Gasteiger partial charge >= 0.3 is 0 Å². The summed E-state index contributed by atoms with van der Waals surface area (Å²) in [5.41, 5.74) is 0.158. The molecule has 3 aliphatic rings. The van der Waals surface area contributed by atoms with Gasteiger partial charge in [-0.2, -0.15) is 0 Å². The third-order valence-electron chi connectivity index (χ3n) is 8.43. The Morgan fingerprint density at radius 2 is 2.00 bits per heavy atom. The summed E-state index contributed by atoms with van der Waals surface area (Å²) >= 11 is 1.57. The fourth-order valence-corrected chi connectivity index (χ4v) is 7.58. The van der Waals surface area contributed by atoms with Gasteiger partial charge in [-0.25, -0.2) is 8.42 Å². The lowest BCUT2D eigenvalue weighted by atomic mass is 10.1. The SMILES string of the molecule is C=C[C@@H]1C[C@@]1(NC(=O)C1CC(O/N=C/c2cc(OC)ccc2-c2cccs2)CN1C(=O)[C@@H](O)C(C)C)C(=O)NS(=O)(=O)C1CC1. The van der Waals surface area contributed by atoms with Crippen LogP contribution in [0.3, 0.4) is 0 Å². The minimum absolute atomic E-state index is 0.0337. The number of carbonyl (C=O) groups excluding carboxylic acids is 3. The van der Waals surface area contributed by atoms with Crippen LogP contribution in [-0.4, -0.2) is 85.1 Å². The molecule has 1 aliphatic heterocycles. The summed E-state index contributed by atoms with van der Waals surface area (Å²) in [6, 6.07) is 8.43. The molecule has 14 heteroatoms. The van der Waals surface area contributed by atoms with Crippen molar-refractivity contribution in [2.45, 2.75) is 68.6 Å². The number of ether oxygens (including phenoxy) is 1. The Balaban J connectivity index is 1.33. The van der Waals surface area contributed by atoms with Crippen molar-refractivity contribution in [2.24, 2.45) is 17.0 Å². The van der Waals surface area contributed by atoms with Crippen molar-refractivity contribution in [1.82, 2.24) is 14.9 Å². The molecule has 5 atom stereocenters. The minimum Gasteiger partial charge on any atom is -0.497 e. The topological polar surface area (TPSA) is 164 Å². The molecule has 1 aromatic heterocycles. The quantitative estimate of drug-likeness (QED) is 0.168. The highest BCUT2D eigenvalue weighted by atomic mass is 32.2. The third kappa shape index (κ3) is 6.92. The molecule has 2 unspecified atom stereocenters. The van der Waals surface area contributed by atoms with Crippen molar-refractivity contribution < 1.29 is 37.5 Å². The summed E-state index contributed by atoms with van der Waals surface area (Å²) in [4.78, 5) is 48.3. The predicted molar refractivity (Wildman–Crippen MR) is 169 cm³/mol. The molecule has 3 N–H and O–H groups in total. The number of benzene rings is 1. The van der Waals surface area contributed by atoms with E-state index in [-0.39, 0.29) is 19.4 Å². The van der Waals surface area contributed by atoms with Gasteiger partial charge in [0.2, 0.25) is 15.9 Å². The number of hydrogen-bond acceptors (Lipinski definition) is 10. The highest BCUT2D eigenvalue weighted by Crippen LogP contribution is 2.45. The second-order valence-electron chi connectivity index (χ2n) is 12.0. The van der Waals surface area contributed by atoms with Crippen LogP contribution < -0.4 is 14.8 Å². The average Bonchev–Trinajstić information content (AvgIpc) is 3.89. The number of likely N-dealkylation sites (tertiary alicyclic amines) is 1. The van der Waals surface area contributed by atoms with Gasteiger partial charge in [-0.15, -0.1) is 17.9 Å². The molecular weight excluding hydrogens is 620 g/mol. The lowest BCUT2D eigenvalue weighted by Crippen LogP contribution is -2.57. The molecule has 1 saturated heterocycles. The molecule has 5 rings (SSSR count). The average molecular weight is 659 g/mol. The molecule has 2 aromatic rings. The van der Waals surface area contributed by atoms with E-state index in [1.54, 1.807) is 38.5 Å². The van der Waals surface area contributed by atoms with E-state index in [2.05, 4.69) is 21.8 Å². The van der Waals surface area contributed by atoms with Crippen molar-refractivity contribution in [3.63, 3.8) is 0 Å². The Morgan fingerprint density at radius 1 is 1.24 bits per heavy atom. The normalized spacial score (nSPS) is 25.2. The van der Waals surface area contributed by atoms with Crippen molar-refractivity contribution in [3.05, 3.63) is 53.9 Å². The van der Waals surface area contributed by atoms with Gasteiger partial charge in [-0.05, 0) is 54.8 Å². The zero-order chi connectivity index (χ0) is 32.5. The minimum atomic E-state index is -3.85. The second-order valence-corrected chi connectivity index (χ2v) is 14.9. The number of thiophene rings is 1. The van der Waals surface area contributed by atoms with E-state index in [0.29, 0.717) is 18.6 Å². The molecule has 1 aromatic carbocycles. The number of oxime groups is 1. The first-order valence-electron chi connectivity index (χ1n) is 14.8. The van der Waals surface area contributed by atoms with Gasteiger partial charge < -0.3 is 24.9 Å². The lowest BCUT2D eigenvalue weighted by molar-refractivity contribution is -0.147. The number of nitrogens with zero attached hydrogens (tertiary/aromatic N) is 2. The van der Waals surface area contributed by atoms with Crippen LogP contribution in [0.2, 0.25) is 0 Å². The number of nitrogens with one attached hydrogen (secondary N) is 2. The van der Waals surface area contributed by atoms with Gasteiger partial charge in [0.25, 0.3) is 11.8 Å². The fraction of sp³-hybridized carbons (Fsp3) is 0.484. The Kier molecular flexibility index (Phi) is 9.38. The highest BCUT2D eigenvalue weighted by molar-refractivity contribution is 7.91. The summed E-state index contributed by atoms with van der Waals surface area (Å²) in [5.74, 6) is -2.41. The molecule has 2 heterocycles. The highest BCUT2D eigenvalue weighted by Gasteiger charge is 2.62. The third-order valence-corrected chi connectivity index (χ3v) is 11.2. The van der Waals surface area contributed by atoms with E-state index in [1.807, 2.05) is 35.7 Å². The van der Waals surface area contributed by atoms with Gasteiger partial charge in [-0.1, -0.05) is 31.1 Å². The maximum absolute atomic E-state index is 13.7. The monoisotopic (exact) mass is 658 g/mol. The van der Waals surface area contributed by atoms with Crippen molar-refractivity contribution in [2.75, 3.05) is 13.7 Å². The van der Waals surface area contributed by atoms with Crippen LogP contribution in [0.4, 0.5) is 0 Å². The lowest BCUT2D eigenvalue weighted by Gasteiger charge is -2.28. The molecule has 2 aliphatic carbocycles. The summed E-state index contributed by atoms with van der Waals surface area (Å²) < 4.78 is 32.4. The van der Waals surface area contributed by atoms with Crippen LogP contribution in [0.5, 0.6) is 5.75 Å². The Bertz CT molecular complexity index is 1590.